The van der Waals surface area contributed by atoms with Crippen LogP contribution in [0.15, 0.2) is 47.4 Å². The normalized spacial score (nSPS) is 18.3. The van der Waals surface area contributed by atoms with Gasteiger partial charge in [0.05, 0.1) is 5.02 Å². The van der Waals surface area contributed by atoms with E-state index in [4.69, 9.17) is 11.6 Å². The summed E-state index contributed by atoms with van der Waals surface area (Å²) in [6.07, 6.45) is 1.84. The van der Waals surface area contributed by atoms with Crippen molar-refractivity contribution in [1.29, 1.82) is 0 Å². The molecule has 7 heteroatoms. The molecule has 1 heterocycles. The molecular weight excluding hydrogens is 384 g/mol. The van der Waals surface area contributed by atoms with Crippen molar-refractivity contribution in [1.82, 2.24) is 4.31 Å². The number of sulfonamides is 1. The fraction of sp³-hybridized carbons (Fsp3) is 0.350. The van der Waals surface area contributed by atoms with Gasteiger partial charge in [-0.3, -0.25) is 4.79 Å². The van der Waals surface area contributed by atoms with E-state index in [0.29, 0.717) is 24.7 Å². The molecule has 0 spiro atoms. The van der Waals surface area contributed by atoms with Gasteiger partial charge in [0.25, 0.3) is 5.91 Å². The van der Waals surface area contributed by atoms with Crippen molar-refractivity contribution >= 4 is 33.2 Å². The molecule has 0 unspecified atom stereocenters. The first-order chi connectivity index (χ1) is 12.8. The topological polar surface area (TPSA) is 66.5 Å². The lowest BCUT2D eigenvalue weighted by molar-refractivity contribution is 0.102. The quantitative estimate of drug-likeness (QED) is 0.822. The fourth-order valence-electron chi connectivity index (χ4n) is 3.19. The van der Waals surface area contributed by atoms with Gasteiger partial charge in [-0.2, -0.15) is 4.31 Å². The molecule has 144 valence electrons. The number of rotatable bonds is 4. The number of piperidine rings is 1. The van der Waals surface area contributed by atoms with E-state index in [0.717, 1.165) is 18.4 Å². The van der Waals surface area contributed by atoms with Crippen molar-refractivity contribution in [3.05, 3.63) is 58.6 Å². The Balaban J connectivity index is 1.87. The van der Waals surface area contributed by atoms with E-state index in [-0.39, 0.29) is 21.4 Å². The van der Waals surface area contributed by atoms with Crippen LogP contribution in [0.4, 0.5) is 5.69 Å². The number of anilines is 1. The third-order valence-corrected chi connectivity index (χ3v) is 7.09. The van der Waals surface area contributed by atoms with E-state index < -0.39 is 10.0 Å². The molecule has 5 nitrogen and oxygen atoms in total. The summed E-state index contributed by atoms with van der Waals surface area (Å²) in [4.78, 5) is 12.5. The lowest BCUT2D eigenvalue weighted by atomic mass is 10.0. The van der Waals surface area contributed by atoms with Gasteiger partial charge in [-0.05, 0) is 56.0 Å². The van der Waals surface area contributed by atoms with Crippen LogP contribution in [0.2, 0.25) is 5.02 Å². The van der Waals surface area contributed by atoms with Crippen molar-refractivity contribution in [3.8, 4) is 0 Å². The minimum Gasteiger partial charge on any atom is -0.322 e. The predicted molar refractivity (Wildman–Crippen MR) is 108 cm³/mol. The van der Waals surface area contributed by atoms with Crippen LogP contribution < -0.4 is 5.32 Å². The van der Waals surface area contributed by atoms with E-state index in [1.54, 1.807) is 12.1 Å². The molecule has 2 aromatic carbocycles. The highest BCUT2D eigenvalue weighted by Crippen LogP contribution is 2.29. The molecule has 0 radical (unpaired) electrons. The zero-order valence-corrected chi connectivity index (χ0v) is 17.0. The summed E-state index contributed by atoms with van der Waals surface area (Å²) >= 11 is 6.18. The van der Waals surface area contributed by atoms with Crippen LogP contribution >= 0.6 is 11.6 Å². The standard InChI is InChI=1S/C20H23ClN2O3S/c1-14-5-8-17(9-6-14)22-20(24)16-7-10-18(21)19(12-16)27(25,26)23-11-3-4-15(2)13-23/h5-10,12,15H,3-4,11,13H2,1-2H3,(H,22,24)/t15-/m1/s1. The van der Waals surface area contributed by atoms with Crippen LogP contribution in [0.25, 0.3) is 0 Å². The molecule has 1 fully saturated rings. The number of carbonyl (C=O) groups is 1. The smallest absolute Gasteiger partial charge is 0.255 e. The molecule has 27 heavy (non-hydrogen) atoms. The average molecular weight is 407 g/mol. The summed E-state index contributed by atoms with van der Waals surface area (Å²) in [5, 5.41) is 2.90. The number of nitrogens with zero attached hydrogens (tertiary/aromatic N) is 1. The van der Waals surface area contributed by atoms with Crippen LogP contribution in [0, 0.1) is 12.8 Å². The summed E-state index contributed by atoms with van der Waals surface area (Å²) in [5.74, 6) is -0.0701. The summed E-state index contributed by atoms with van der Waals surface area (Å²) in [7, 11) is -3.74. The van der Waals surface area contributed by atoms with Crippen molar-refractivity contribution in [2.24, 2.45) is 5.92 Å². The largest absolute Gasteiger partial charge is 0.322 e. The minimum absolute atomic E-state index is 0.0187. The Morgan fingerprint density at radius 1 is 1.19 bits per heavy atom. The van der Waals surface area contributed by atoms with Crippen LogP contribution in [-0.4, -0.2) is 31.7 Å². The van der Waals surface area contributed by atoms with Gasteiger partial charge >= 0.3 is 0 Å². The first-order valence-corrected chi connectivity index (χ1v) is 10.8. The zero-order valence-electron chi connectivity index (χ0n) is 15.4. The SMILES string of the molecule is Cc1ccc(NC(=O)c2ccc(Cl)c(S(=O)(=O)N3CCC[C@@H](C)C3)c2)cc1. The highest BCUT2D eigenvalue weighted by molar-refractivity contribution is 7.89. The van der Waals surface area contributed by atoms with Crippen LogP contribution in [-0.2, 0) is 10.0 Å². The number of hydrogen-bond donors (Lipinski definition) is 1. The second kappa shape index (κ2) is 8.00. The molecule has 2 aromatic rings. The monoisotopic (exact) mass is 406 g/mol. The molecule has 1 atom stereocenters. The molecule has 1 aliphatic heterocycles. The van der Waals surface area contributed by atoms with Gasteiger partial charge in [0.2, 0.25) is 10.0 Å². The molecule has 1 amide bonds. The van der Waals surface area contributed by atoms with E-state index in [1.807, 2.05) is 26.0 Å². The lowest BCUT2D eigenvalue weighted by Gasteiger charge is -2.30. The number of aryl methyl sites for hydroxylation is 1. The first-order valence-electron chi connectivity index (χ1n) is 8.95. The lowest BCUT2D eigenvalue weighted by Crippen LogP contribution is -2.39. The summed E-state index contributed by atoms with van der Waals surface area (Å²) in [5.41, 5.74) is 1.99. The second-order valence-electron chi connectivity index (χ2n) is 7.08. The van der Waals surface area contributed by atoms with Gasteiger partial charge in [-0.15, -0.1) is 0 Å². The van der Waals surface area contributed by atoms with Crippen molar-refractivity contribution in [2.45, 2.75) is 31.6 Å². The van der Waals surface area contributed by atoms with E-state index in [9.17, 15) is 13.2 Å². The molecule has 3 rings (SSSR count). The maximum Gasteiger partial charge on any atom is 0.255 e. The Morgan fingerprint density at radius 3 is 2.56 bits per heavy atom. The zero-order chi connectivity index (χ0) is 19.6. The van der Waals surface area contributed by atoms with Gasteiger partial charge in [0.1, 0.15) is 4.90 Å². The molecule has 1 aliphatic rings. The highest BCUT2D eigenvalue weighted by atomic mass is 35.5. The van der Waals surface area contributed by atoms with E-state index in [2.05, 4.69) is 5.32 Å². The Morgan fingerprint density at radius 2 is 1.89 bits per heavy atom. The van der Waals surface area contributed by atoms with Gasteiger partial charge in [-0.1, -0.05) is 36.2 Å². The Labute approximate surface area is 165 Å². The molecule has 0 saturated carbocycles. The maximum absolute atomic E-state index is 13.0. The first kappa shape index (κ1) is 19.9. The van der Waals surface area contributed by atoms with Crippen LogP contribution in [0.3, 0.4) is 0 Å². The summed E-state index contributed by atoms with van der Waals surface area (Å²) in [6, 6.07) is 11.7. The molecule has 1 saturated heterocycles. The molecule has 0 aromatic heterocycles. The van der Waals surface area contributed by atoms with Gasteiger partial charge < -0.3 is 5.32 Å². The second-order valence-corrected chi connectivity index (χ2v) is 9.39. The number of amides is 1. The van der Waals surface area contributed by atoms with Crippen molar-refractivity contribution in [2.75, 3.05) is 18.4 Å². The van der Waals surface area contributed by atoms with Gasteiger partial charge in [-0.25, -0.2) is 8.42 Å². The fourth-order valence-corrected chi connectivity index (χ4v) is 5.28. The van der Waals surface area contributed by atoms with Crippen molar-refractivity contribution in [3.63, 3.8) is 0 Å². The Kier molecular flexibility index (Phi) is 5.89. The Bertz CT molecular complexity index is 942. The van der Waals surface area contributed by atoms with E-state index in [1.165, 1.54) is 22.5 Å². The van der Waals surface area contributed by atoms with Gasteiger partial charge in [0.15, 0.2) is 0 Å². The third-order valence-electron chi connectivity index (χ3n) is 4.74. The molecule has 0 bridgehead atoms. The predicted octanol–water partition coefficient (Wildman–Crippen LogP) is 4.32. The molecular formula is C20H23ClN2O3S. The van der Waals surface area contributed by atoms with Crippen LogP contribution in [0.1, 0.15) is 35.7 Å². The summed E-state index contributed by atoms with van der Waals surface area (Å²) in [6.45, 7) is 4.94. The number of halogens is 1. The average Bonchev–Trinajstić information content (AvgIpc) is 2.63. The number of carbonyl (C=O) groups excluding carboxylic acids is 1. The Hall–Kier alpha value is -1.89. The summed E-state index contributed by atoms with van der Waals surface area (Å²) < 4.78 is 27.5. The number of nitrogens with one attached hydrogen (secondary N) is 1. The van der Waals surface area contributed by atoms with Gasteiger partial charge in [0, 0.05) is 24.3 Å². The van der Waals surface area contributed by atoms with Crippen molar-refractivity contribution < 1.29 is 13.2 Å². The van der Waals surface area contributed by atoms with Crippen LogP contribution in [0.5, 0.6) is 0 Å². The highest BCUT2D eigenvalue weighted by Gasteiger charge is 2.30. The number of hydrogen-bond acceptors (Lipinski definition) is 3. The third kappa shape index (κ3) is 4.51. The molecule has 0 aliphatic carbocycles. The maximum atomic E-state index is 13.0. The number of benzene rings is 2. The van der Waals surface area contributed by atoms with E-state index >= 15 is 0 Å². The molecule has 1 N–H and O–H groups in total. The minimum atomic E-state index is -3.74.